The van der Waals surface area contributed by atoms with Crippen LogP contribution in [0.4, 0.5) is 0 Å². The molecule has 1 aliphatic heterocycles. The van der Waals surface area contributed by atoms with E-state index in [1.54, 1.807) is 23.5 Å². The molecule has 15 nitrogen and oxygen atoms in total. The van der Waals surface area contributed by atoms with Crippen LogP contribution in [0.25, 0.3) is 0 Å². The van der Waals surface area contributed by atoms with Gasteiger partial charge >= 0.3 is 11.9 Å². The molecular weight excluding hydrogens is 1400 g/mol. The van der Waals surface area contributed by atoms with E-state index in [0.717, 1.165) is 89.0 Å². The predicted molar refractivity (Wildman–Crippen MR) is 451 cm³/mol. The number of likely N-dealkylation sites (tertiary alicyclic amines) is 1. The van der Waals surface area contributed by atoms with Gasteiger partial charge < -0.3 is 24.3 Å². The quantitative estimate of drug-likeness (QED) is 0.0287. The minimum atomic E-state index is -0.394. The number of hydrogen-bond donors (Lipinski definition) is 1. The summed E-state index contributed by atoms with van der Waals surface area (Å²) in [6.07, 6.45) is 23.9. The van der Waals surface area contributed by atoms with Gasteiger partial charge in [0.15, 0.2) is 0 Å². The molecule has 614 valence electrons. The van der Waals surface area contributed by atoms with E-state index < -0.39 is 5.41 Å². The summed E-state index contributed by atoms with van der Waals surface area (Å²) in [5.74, 6) is 3.15. The van der Waals surface area contributed by atoms with E-state index >= 15 is 0 Å². The third-order valence-corrected chi connectivity index (χ3v) is 21.2. The number of rotatable bonds is 38. The van der Waals surface area contributed by atoms with Crippen LogP contribution >= 0.6 is 35.3 Å². The number of aryl methyl sites for hydroxylation is 2. The third kappa shape index (κ3) is 60.0. The van der Waals surface area contributed by atoms with Gasteiger partial charge in [-0.25, -0.2) is 0 Å². The van der Waals surface area contributed by atoms with Gasteiger partial charge in [-0.2, -0.15) is 11.8 Å². The molecule has 3 amide bonds. The fourth-order valence-corrected chi connectivity index (χ4v) is 12.1. The molecule has 2 fully saturated rings. The molecule has 4 rings (SSSR count). The first-order valence-electron chi connectivity index (χ1n) is 40.0. The molecule has 0 aromatic heterocycles. The summed E-state index contributed by atoms with van der Waals surface area (Å²) in [7, 11) is 0. The first-order valence-corrected chi connectivity index (χ1v) is 43.2. The highest BCUT2D eigenvalue weighted by atomic mass is 32.2. The molecule has 0 radical (unpaired) electrons. The van der Waals surface area contributed by atoms with Crippen LogP contribution in [0.1, 0.15) is 325 Å². The van der Waals surface area contributed by atoms with Gasteiger partial charge in [-0.1, -0.05) is 216 Å². The topological polar surface area (TPSA) is 206 Å². The molecule has 1 aliphatic carbocycles. The van der Waals surface area contributed by atoms with E-state index in [2.05, 4.69) is 136 Å². The number of benzene rings is 2. The Bertz CT molecular complexity index is 2860. The fraction of sp³-hybridized carbons (Fsp3) is 0.764. The van der Waals surface area contributed by atoms with Crippen molar-refractivity contribution < 1.29 is 62.1 Å². The number of esters is 2. The fourth-order valence-electron chi connectivity index (χ4n) is 10.9. The molecule has 1 N–H and O–H groups in total. The number of hydrogen-bond acceptors (Lipinski definition) is 16. The summed E-state index contributed by atoms with van der Waals surface area (Å²) >= 11 is 5.04. The van der Waals surface area contributed by atoms with Crippen molar-refractivity contribution in [3.63, 3.8) is 0 Å². The Morgan fingerprint density at radius 3 is 1.25 bits per heavy atom. The van der Waals surface area contributed by atoms with E-state index in [4.69, 9.17) is 18.9 Å². The van der Waals surface area contributed by atoms with E-state index in [1.165, 1.54) is 42.6 Å². The Labute approximate surface area is 664 Å². The number of carbonyl (C=O) groups is 9. The van der Waals surface area contributed by atoms with Gasteiger partial charge in [0, 0.05) is 102 Å². The van der Waals surface area contributed by atoms with Crippen molar-refractivity contribution in [3.8, 4) is 11.5 Å². The zero-order chi connectivity index (χ0) is 81.9. The van der Waals surface area contributed by atoms with Crippen LogP contribution in [-0.4, -0.2) is 129 Å². The van der Waals surface area contributed by atoms with Gasteiger partial charge in [-0.05, 0) is 147 Å². The summed E-state index contributed by atoms with van der Waals surface area (Å²) in [4.78, 5) is 108. The normalized spacial score (nSPS) is 15.1. The van der Waals surface area contributed by atoms with Gasteiger partial charge in [-0.3, -0.25) is 48.1 Å². The lowest BCUT2D eigenvalue weighted by Gasteiger charge is -2.30. The zero-order valence-electron chi connectivity index (χ0n) is 72.1. The van der Waals surface area contributed by atoms with Crippen molar-refractivity contribution in [1.82, 2.24) is 10.2 Å². The number of carbonyl (C=O) groups excluding carboxylic acids is 9. The van der Waals surface area contributed by atoms with Crippen molar-refractivity contribution >= 4 is 88.1 Å². The number of ether oxygens (including phenoxy) is 4. The highest BCUT2D eigenvalue weighted by molar-refractivity contribution is 8.01. The summed E-state index contributed by atoms with van der Waals surface area (Å²) in [6.45, 7) is 53.5. The van der Waals surface area contributed by atoms with Crippen LogP contribution in [-0.2, 0) is 65.5 Å². The average Bonchev–Trinajstić information content (AvgIpc) is 1.73. The molecule has 1 heterocycles. The number of amides is 3. The molecule has 0 bridgehead atoms. The van der Waals surface area contributed by atoms with Crippen LogP contribution in [0.5, 0.6) is 11.5 Å². The van der Waals surface area contributed by atoms with Crippen molar-refractivity contribution in [2.45, 2.75) is 341 Å². The lowest BCUT2D eigenvalue weighted by Crippen LogP contribution is -2.36. The van der Waals surface area contributed by atoms with E-state index in [-0.39, 0.29) is 55.9 Å². The number of imide groups is 1. The standard InChI is InChI=1S/C25H40O3S.C24H40N2O6.C20H30O3S.C15H30O.C5H12S/c1-24(2,3)18-9-7-8-12-21(26)13-10-11-20-14-16-22(17-15-20)28-23(27)19-29-25(4,5)6;1-24(2,3)23(30)25-12-14-32-16-15-31-13-4-5-20(27)19-8-6-18(7-9-19)17-26-21(28)10-11-22(26)29;1-19(2,3)17(21)9-7-8-15-10-12-16(13-11-15)23-18(22)14-24-20(4,5)6;1-14(2,3)11-9-7-8-10-13(16)12-15(4,5)6;1-5(2,3)6-4/h14-17H,7-13,18-19H2,1-6H3;18-19H,4-17H2,1-3H3,(H,25,30);10-13H,7-9,14H2,1-6H3;7-12H2,1-6H3;1-4H3. The largest absolute Gasteiger partial charge is 0.426 e. The highest BCUT2D eigenvalue weighted by Gasteiger charge is 2.34. The highest BCUT2D eigenvalue weighted by Crippen LogP contribution is 2.33. The van der Waals surface area contributed by atoms with Crippen molar-refractivity contribution in [2.24, 2.45) is 38.9 Å². The minimum absolute atomic E-state index is 0.00676. The second kappa shape index (κ2) is 52.0. The molecule has 2 aromatic carbocycles. The van der Waals surface area contributed by atoms with Crippen molar-refractivity contribution in [2.75, 3.05) is 57.3 Å². The zero-order valence-corrected chi connectivity index (χ0v) is 74.5. The maximum Gasteiger partial charge on any atom is 0.321 e. The predicted octanol–water partition coefficient (Wildman–Crippen LogP) is 21.7. The SMILES string of the molecule is CC(C)(C)C(=O)NCCOCCOCCCC(=O)C1CCC(CN2C(=O)CCC2=O)CC1.CC(C)(C)CCCCCC(=O)CC(C)(C)C.CC(C)(C)CCCCCC(=O)CCCc1ccc(OC(=O)CSC(C)(C)C)cc1.CC(C)(C)SCC(=O)Oc1ccc(CCCC(=O)C(C)(C)C)cc1.CSC(C)(C)C. The Kier molecular flexibility index (Phi) is 49.9. The van der Waals surface area contributed by atoms with Crippen LogP contribution in [0.2, 0.25) is 0 Å². The number of ketones is 4. The first kappa shape index (κ1) is 103. The molecular formula is C89H152N2O13S3. The number of Topliss-reactive ketones (excluding diaryl/α,β-unsaturated/α-hetero) is 4. The van der Waals surface area contributed by atoms with Crippen molar-refractivity contribution in [1.29, 1.82) is 0 Å². The van der Waals surface area contributed by atoms with Crippen LogP contribution in [0, 0.1) is 38.9 Å². The minimum Gasteiger partial charge on any atom is -0.426 e. The molecule has 2 aliphatic rings. The lowest BCUT2D eigenvalue weighted by atomic mass is 9.79. The number of nitrogens with one attached hydrogen (secondary N) is 1. The van der Waals surface area contributed by atoms with E-state index in [9.17, 15) is 43.2 Å². The monoisotopic (exact) mass is 1550 g/mol. The third-order valence-electron chi connectivity index (χ3n) is 17.5. The molecule has 1 saturated carbocycles. The summed E-state index contributed by atoms with van der Waals surface area (Å²) in [5, 5.41) is 2.83. The first-order chi connectivity index (χ1) is 49.3. The van der Waals surface area contributed by atoms with Gasteiger partial charge in [0.2, 0.25) is 17.7 Å². The second-order valence-electron chi connectivity index (χ2n) is 37.7. The molecule has 18 heteroatoms. The average molecular weight is 1550 g/mol. The number of unbranched alkanes of at least 4 members (excludes halogenated alkanes) is 4. The van der Waals surface area contributed by atoms with Crippen molar-refractivity contribution in [3.05, 3.63) is 59.7 Å². The smallest absolute Gasteiger partial charge is 0.321 e. The molecule has 2 aromatic rings. The van der Waals surface area contributed by atoms with E-state index in [0.29, 0.717) is 152 Å². The summed E-state index contributed by atoms with van der Waals surface area (Å²) in [5.41, 5.74) is 2.66. The maximum atomic E-state index is 12.5. The molecule has 0 spiro atoms. The Balaban J connectivity index is 0.00000139. The van der Waals surface area contributed by atoms with Crippen LogP contribution < -0.4 is 14.8 Å². The van der Waals surface area contributed by atoms with Gasteiger partial charge in [-0.15, -0.1) is 23.5 Å². The second-order valence-corrected chi connectivity index (χ2v) is 42.9. The number of thioether (sulfide) groups is 3. The lowest BCUT2D eigenvalue weighted by molar-refractivity contribution is -0.140. The van der Waals surface area contributed by atoms with Crippen LogP contribution in [0.15, 0.2) is 48.5 Å². The molecule has 0 atom stereocenters. The van der Waals surface area contributed by atoms with Gasteiger partial charge in [0.25, 0.3) is 0 Å². The number of nitrogens with zero attached hydrogens (tertiary/aromatic N) is 1. The Hall–Kier alpha value is -4.36. The molecule has 0 unspecified atom stereocenters. The van der Waals surface area contributed by atoms with E-state index in [1.807, 2.05) is 102 Å². The summed E-state index contributed by atoms with van der Waals surface area (Å²) in [6, 6.07) is 15.2. The molecule has 1 saturated heterocycles. The Morgan fingerprint density at radius 2 is 0.860 bits per heavy atom. The summed E-state index contributed by atoms with van der Waals surface area (Å²) < 4.78 is 22.2. The molecule has 107 heavy (non-hydrogen) atoms. The van der Waals surface area contributed by atoms with Crippen LogP contribution in [0.3, 0.4) is 0 Å². The Morgan fingerprint density at radius 1 is 0.449 bits per heavy atom. The maximum absolute atomic E-state index is 12.5. The van der Waals surface area contributed by atoms with Gasteiger partial charge in [0.05, 0.1) is 31.3 Å². The van der Waals surface area contributed by atoms with Gasteiger partial charge in [0.1, 0.15) is 34.6 Å².